The van der Waals surface area contributed by atoms with Crippen LogP contribution in [0.25, 0.3) is 0 Å². The Morgan fingerprint density at radius 3 is 1.11 bits per heavy atom. The number of aliphatic hydroxyl groups is 12. The fourth-order valence-corrected chi connectivity index (χ4v) is 6.01. The molecular formula is C26H50I2O18. The van der Waals surface area contributed by atoms with Gasteiger partial charge in [-0.25, -0.2) is 0 Å². The highest BCUT2D eigenvalue weighted by atomic mass is 127. The van der Waals surface area contributed by atoms with Crippen LogP contribution in [0, 0.1) is 0 Å². The number of rotatable bonds is 6. The van der Waals surface area contributed by atoms with Gasteiger partial charge in [0.05, 0.1) is 49.8 Å². The third-order valence-electron chi connectivity index (χ3n) is 7.36. The van der Waals surface area contributed by atoms with Crippen molar-refractivity contribution in [2.45, 2.75) is 124 Å². The maximum Gasteiger partial charge on any atom is 0.160 e. The van der Waals surface area contributed by atoms with Gasteiger partial charge in [-0.2, -0.15) is 0 Å². The molecule has 4 rings (SSSR count). The highest BCUT2D eigenvalue weighted by molar-refractivity contribution is 14.1. The minimum absolute atomic E-state index is 0.0162. The molecule has 0 aromatic rings. The van der Waals surface area contributed by atoms with Crippen LogP contribution in [0.2, 0.25) is 0 Å². The molecule has 4 saturated heterocycles. The van der Waals surface area contributed by atoms with E-state index in [-0.39, 0.29) is 38.3 Å². The van der Waals surface area contributed by atoms with Crippen LogP contribution in [0.15, 0.2) is 0 Å². The Balaban J connectivity index is 0.000000307. The minimum Gasteiger partial charge on any atom is -0.394 e. The Morgan fingerprint density at radius 2 is 0.761 bits per heavy atom. The number of aliphatic hydroxyl groups excluding tert-OH is 12. The van der Waals surface area contributed by atoms with Crippen LogP contribution in [0.4, 0.5) is 0 Å². The summed E-state index contributed by atoms with van der Waals surface area (Å²) in [5.74, 6) is 0. The van der Waals surface area contributed by atoms with E-state index in [1.54, 1.807) is 0 Å². The van der Waals surface area contributed by atoms with E-state index in [4.69, 9.17) is 64.2 Å². The molecule has 16 atom stereocenters. The van der Waals surface area contributed by atoms with Crippen molar-refractivity contribution in [2.75, 3.05) is 36.3 Å². The zero-order valence-electron chi connectivity index (χ0n) is 25.5. The van der Waals surface area contributed by atoms with Gasteiger partial charge in [0, 0.05) is 48.8 Å². The summed E-state index contributed by atoms with van der Waals surface area (Å²) in [6.07, 6.45) is -12.0. The normalized spacial score (nSPS) is 44.3. The number of hydrogen-bond donors (Lipinski definition) is 12. The molecule has 4 aliphatic heterocycles. The molecule has 18 nitrogen and oxygen atoms in total. The second-order valence-electron chi connectivity index (χ2n) is 10.8. The molecule has 0 aromatic carbocycles. The van der Waals surface area contributed by atoms with E-state index < -0.39 is 92.6 Å². The number of methoxy groups -OCH3 is 2. The van der Waals surface area contributed by atoms with Crippen molar-refractivity contribution in [3.05, 3.63) is 0 Å². The van der Waals surface area contributed by atoms with Crippen molar-refractivity contribution in [3.63, 3.8) is 0 Å². The van der Waals surface area contributed by atoms with Gasteiger partial charge in [0.2, 0.25) is 0 Å². The van der Waals surface area contributed by atoms with Gasteiger partial charge in [-0.3, -0.25) is 0 Å². The number of alkyl halides is 2. The maximum absolute atomic E-state index is 9.42. The first-order chi connectivity index (χ1) is 21.7. The zero-order valence-corrected chi connectivity index (χ0v) is 29.8. The van der Waals surface area contributed by atoms with Gasteiger partial charge in [-0.15, -0.1) is 0 Å². The lowest BCUT2D eigenvalue weighted by molar-refractivity contribution is -0.248. The Hall–Kier alpha value is 0.740. The van der Waals surface area contributed by atoms with Crippen LogP contribution < -0.4 is 0 Å². The van der Waals surface area contributed by atoms with E-state index in [9.17, 15) is 25.5 Å². The standard InChI is InChI=1S/C7H13IO4.C7H14O5.C6H11IO4.C6H12O5/c2*1-11-6-2-4(9)7(10)5(3-8)12-6;2*7-2-4-6(10)3(8)1-5(9)11-4/h4-7,9-10H,2-3H2,1H3;4-10H,2-3H2,1H3;3-6,8-10H,1-2H2;3-10H,1-2H2/t2*4-,5-,6?,7+;2*3-,4-,5?,6+/m1111/s1. The lowest BCUT2D eigenvalue weighted by atomic mass is 10.0. The third kappa shape index (κ3) is 14.5. The molecule has 46 heavy (non-hydrogen) atoms. The summed E-state index contributed by atoms with van der Waals surface area (Å²) >= 11 is 4.14. The van der Waals surface area contributed by atoms with Gasteiger partial charge < -0.3 is 89.7 Å². The molecule has 4 aliphatic rings. The van der Waals surface area contributed by atoms with Gasteiger partial charge in [0.25, 0.3) is 0 Å². The molecule has 0 spiro atoms. The van der Waals surface area contributed by atoms with Crippen LogP contribution in [0.1, 0.15) is 25.7 Å². The van der Waals surface area contributed by atoms with E-state index in [0.29, 0.717) is 15.3 Å². The molecule has 20 heteroatoms. The molecule has 0 bridgehead atoms. The fourth-order valence-electron chi connectivity index (χ4n) is 4.55. The van der Waals surface area contributed by atoms with Crippen LogP contribution in [0.3, 0.4) is 0 Å². The molecule has 12 N–H and O–H groups in total. The summed E-state index contributed by atoms with van der Waals surface area (Å²) in [7, 11) is 2.98. The van der Waals surface area contributed by atoms with Crippen molar-refractivity contribution < 1.29 is 89.7 Å². The summed E-state index contributed by atoms with van der Waals surface area (Å²) in [5.41, 5.74) is 0. The largest absolute Gasteiger partial charge is 0.394 e. The Labute approximate surface area is 294 Å². The highest BCUT2D eigenvalue weighted by Gasteiger charge is 2.38. The second-order valence-corrected chi connectivity index (χ2v) is 12.5. The average molecular weight is 904 g/mol. The van der Waals surface area contributed by atoms with E-state index in [1.807, 2.05) is 22.6 Å². The maximum atomic E-state index is 9.42. The zero-order chi connectivity index (χ0) is 35.1. The summed E-state index contributed by atoms with van der Waals surface area (Å²) in [6.45, 7) is -0.729. The number of ether oxygens (including phenoxy) is 6. The molecule has 4 heterocycles. The quantitative estimate of drug-likeness (QED) is 0.0883. The fraction of sp³-hybridized carbons (Fsp3) is 1.00. The monoisotopic (exact) mass is 904 g/mol. The predicted molar refractivity (Wildman–Crippen MR) is 172 cm³/mol. The molecule has 0 radical (unpaired) electrons. The third-order valence-corrected chi connectivity index (χ3v) is 9.10. The molecule has 0 aromatic heterocycles. The molecule has 276 valence electrons. The van der Waals surface area contributed by atoms with Crippen molar-refractivity contribution in [2.24, 2.45) is 0 Å². The van der Waals surface area contributed by atoms with Gasteiger partial charge in [-0.1, -0.05) is 45.2 Å². The summed E-state index contributed by atoms with van der Waals surface area (Å²) < 4.78 is 31.1. The molecule has 4 unspecified atom stereocenters. The smallest absolute Gasteiger partial charge is 0.160 e. The first-order valence-electron chi connectivity index (χ1n) is 14.5. The molecule has 4 fully saturated rings. The van der Waals surface area contributed by atoms with Crippen LogP contribution >= 0.6 is 45.2 Å². The van der Waals surface area contributed by atoms with Crippen LogP contribution in [-0.2, 0) is 28.4 Å². The topological polar surface area (TPSA) is 298 Å². The van der Waals surface area contributed by atoms with Crippen molar-refractivity contribution in [3.8, 4) is 0 Å². The number of halogens is 2. The first kappa shape index (κ1) is 44.8. The van der Waals surface area contributed by atoms with E-state index >= 15 is 0 Å². The summed E-state index contributed by atoms with van der Waals surface area (Å²) in [6, 6.07) is 0. The van der Waals surface area contributed by atoms with Gasteiger partial charge in [0.1, 0.15) is 36.6 Å². The minimum atomic E-state index is -1.11. The SMILES string of the molecule is COC1C[C@@H](O)[C@H](O)[C@@H](CI)O1.COC1C[C@@H](O)[C@H](O)[C@@H](CO)O1.OC1C[C@@H](O)[C@H](O)[C@@H](CI)O1.OC[C@H]1OC(O)C[C@@H](O)[C@@H]1O. The molecule has 0 aliphatic carbocycles. The van der Waals surface area contributed by atoms with E-state index in [0.717, 1.165) is 0 Å². The summed E-state index contributed by atoms with van der Waals surface area (Å²) in [4.78, 5) is 0. The Bertz CT molecular complexity index is 731. The van der Waals surface area contributed by atoms with Crippen molar-refractivity contribution >= 4 is 45.2 Å². The van der Waals surface area contributed by atoms with E-state index in [2.05, 4.69) is 22.6 Å². The van der Waals surface area contributed by atoms with Gasteiger partial charge in [-0.05, 0) is 0 Å². The van der Waals surface area contributed by atoms with Crippen molar-refractivity contribution in [1.82, 2.24) is 0 Å². The molecule has 0 amide bonds. The van der Waals surface area contributed by atoms with Gasteiger partial charge >= 0.3 is 0 Å². The predicted octanol–water partition coefficient (Wildman–Crippen LogP) is -4.58. The molecule has 0 saturated carbocycles. The van der Waals surface area contributed by atoms with Crippen LogP contribution in [-0.4, -0.2) is 196 Å². The highest BCUT2D eigenvalue weighted by Crippen LogP contribution is 2.23. The average Bonchev–Trinajstić information content (AvgIpc) is 3.04. The lowest BCUT2D eigenvalue weighted by Crippen LogP contribution is -2.50. The number of hydrogen-bond acceptors (Lipinski definition) is 18. The molecular weight excluding hydrogens is 854 g/mol. The summed E-state index contributed by atoms with van der Waals surface area (Å²) in [5, 5.41) is 109. The van der Waals surface area contributed by atoms with E-state index in [1.165, 1.54) is 14.2 Å². The Kier molecular flexibility index (Phi) is 22.6. The lowest BCUT2D eigenvalue weighted by Gasteiger charge is -2.35. The second kappa shape index (κ2) is 23.3. The van der Waals surface area contributed by atoms with Crippen molar-refractivity contribution in [1.29, 1.82) is 0 Å². The Morgan fingerprint density at radius 1 is 0.478 bits per heavy atom. The first-order valence-corrected chi connectivity index (χ1v) is 17.5. The van der Waals surface area contributed by atoms with Gasteiger partial charge in [0.15, 0.2) is 25.2 Å². The van der Waals surface area contributed by atoms with Crippen LogP contribution in [0.5, 0.6) is 0 Å².